The Balaban J connectivity index is 1.55. The minimum absolute atomic E-state index is 0.264. The lowest BCUT2D eigenvalue weighted by Gasteiger charge is -2.09. The van der Waals surface area contributed by atoms with E-state index in [2.05, 4.69) is 22.4 Å². The summed E-state index contributed by atoms with van der Waals surface area (Å²) in [5.74, 6) is 0.735. The highest BCUT2D eigenvalue weighted by Gasteiger charge is 2.17. The maximum atomic E-state index is 12.8. The number of fused-ring (bicyclic) bond motifs is 1. The predicted octanol–water partition coefficient (Wildman–Crippen LogP) is 5.68. The van der Waals surface area contributed by atoms with Gasteiger partial charge in [-0.1, -0.05) is 36.4 Å². The first kappa shape index (κ1) is 17.4. The van der Waals surface area contributed by atoms with E-state index in [-0.39, 0.29) is 5.91 Å². The van der Waals surface area contributed by atoms with E-state index in [1.54, 1.807) is 18.0 Å². The highest BCUT2D eigenvalue weighted by atomic mass is 32.2. The minimum Gasteiger partial charge on any atom is -0.459 e. The van der Waals surface area contributed by atoms with E-state index >= 15 is 0 Å². The van der Waals surface area contributed by atoms with Gasteiger partial charge in [0.15, 0.2) is 5.76 Å². The van der Waals surface area contributed by atoms with Crippen LogP contribution in [-0.4, -0.2) is 10.9 Å². The summed E-state index contributed by atoms with van der Waals surface area (Å²) in [4.78, 5) is 18.5. The molecule has 2 heterocycles. The van der Waals surface area contributed by atoms with Crippen LogP contribution >= 0.6 is 11.8 Å². The second kappa shape index (κ2) is 7.68. The molecule has 4 aromatic rings. The molecule has 0 bridgehead atoms. The van der Waals surface area contributed by atoms with Crippen molar-refractivity contribution in [3.63, 3.8) is 0 Å². The molecule has 0 aliphatic carbocycles. The van der Waals surface area contributed by atoms with Gasteiger partial charge in [0.2, 0.25) is 0 Å². The van der Waals surface area contributed by atoms with Crippen LogP contribution in [0.15, 0.2) is 82.3 Å². The van der Waals surface area contributed by atoms with Gasteiger partial charge in [0.05, 0.1) is 17.5 Å². The Morgan fingerprint density at radius 1 is 1.04 bits per heavy atom. The van der Waals surface area contributed by atoms with Crippen molar-refractivity contribution in [2.75, 3.05) is 5.32 Å². The van der Waals surface area contributed by atoms with Crippen molar-refractivity contribution in [2.45, 2.75) is 17.6 Å². The Kier molecular flexibility index (Phi) is 4.94. The molecule has 134 valence electrons. The first-order chi connectivity index (χ1) is 13.2. The summed E-state index contributed by atoms with van der Waals surface area (Å²) in [5, 5.41) is 3.93. The molecule has 2 aromatic carbocycles. The summed E-state index contributed by atoms with van der Waals surface area (Å²) in [6.45, 7) is 1.93. The zero-order valence-electron chi connectivity index (χ0n) is 14.8. The quantitative estimate of drug-likeness (QED) is 0.457. The highest BCUT2D eigenvalue weighted by Crippen LogP contribution is 2.26. The van der Waals surface area contributed by atoms with Crippen LogP contribution in [0.2, 0.25) is 0 Å². The van der Waals surface area contributed by atoms with Gasteiger partial charge >= 0.3 is 0 Å². The number of rotatable bonds is 5. The van der Waals surface area contributed by atoms with Crippen LogP contribution in [-0.2, 0) is 5.75 Å². The molecule has 1 N–H and O–H groups in total. The summed E-state index contributed by atoms with van der Waals surface area (Å²) < 4.78 is 5.48. The third-order valence-corrected chi connectivity index (χ3v) is 5.26. The molecule has 4 rings (SSSR count). The Labute approximate surface area is 161 Å². The smallest absolute Gasteiger partial charge is 0.291 e. The number of carbonyl (C=O) groups is 1. The van der Waals surface area contributed by atoms with Crippen molar-refractivity contribution in [3.05, 3.63) is 90.0 Å². The number of pyridine rings is 1. The minimum atomic E-state index is -0.264. The molecule has 0 atom stereocenters. The third kappa shape index (κ3) is 3.88. The number of amides is 1. The second-order valence-electron chi connectivity index (χ2n) is 6.16. The lowest BCUT2D eigenvalue weighted by atomic mass is 10.1. The zero-order valence-corrected chi connectivity index (χ0v) is 15.6. The number of carbonyl (C=O) groups excluding carboxylic acids is 1. The van der Waals surface area contributed by atoms with E-state index < -0.39 is 0 Å². The number of aromatic nitrogens is 1. The number of benzene rings is 2. The maximum Gasteiger partial charge on any atom is 0.291 e. The summed E-state index contributed by atoms with van der Waals surface area (Å²) in [5.41, 5.74) is 3.23. The van der Waals surface area contributed by atoms with Crippen LogP contribution in [0.25, 0.3) is 10.9 Å². The average molecular weight is 374 g/mol. The number of hydrogen-bond donors (Lipinski definition) is 1. The summed E-state index contributed by atoms with van der Waals surface area (Å²) in [6.07, 6.45) is 1.56. The molecule has 0 aliphatic rings. The van der Waals surface area contributed by atoms with Gasteiger partial charge in [-0.25, -0.2) is 0 Å². The standard InChI is InChI=1S/C22H18N2O2S/c1-15-10-11-16-6-5-9-19(20(16)23-15)24-22(25)21-17(12-13-26-21)14-27-18-7-3-2-4-8-18/h2-13H,14H2,1H3,(H,24,25). The first-order valence-electron chi connectivity index (χ1n) is 8.62. The van der Waals surface area contributed by atoms with Crippen molar-refractivity contribution in [1.29, 1.82) is 0 Å². The summed E-state index contributed by atoms with van der Waals surface area (Å²) in [6, 6.07) is 21.6. The van der Waals surface area contributed by atoms with Crippen LogP contribution in [0.4, 0.5) is 5.69 Å². The van der Waals surface area contributed by atoms with Crippen molar-refractivity contribution >= 4 is 34.3 Å². The fourth-order valence-electron chi connectivity index (χ4n) is 2.85. The highest BCUT2D eigenvalue weighted by molar-refractivity contribution is 7.98. The van der Waals surface area contributed by atoms with E-state index in [0.29, 0.717) is 17.2 Å². The topological polar surface area (TPSA) is 55.1 Å². The van der Waals surface area contributed by atoms with Crippen LogP contribution in [0.3, 0.4) is 0 Å². The van der Waals surface area contributed by atoms with Gasteiger partial charge in [0.1, 0.15) is 0 Å². The maximum absolute atomic E-state index is 12.8. The Bertz CT molecular complexity index is 1090. The summed E-state index contributed by atoms with van der Waals surface area (Å²) >= 11 is 1.67. The number of thioether (sulfide) groups is 1. The third-order valence-electron chi connectivity index (χ3n) is 4.20. The predicted molar refractivity (Wildman–Crippen MR) is 109 cm³/mol. The van der Waals surface area contributed by atoms with Crippen molar-refractivity contribution in [2.24, 2.45) is 0 Å². The number of anilines is 1. The van der Waals surface area contributed by atoms with Gasteiger partial charge in [0.25, 0.3) is 5.91 Å². The first-order valence-corrected chi connectivity index (χ1v) is 9.61. The second-order valence-corrected chi connectivity index (χ2v) is 7.21. The molecular weight excluding hydrogens is 356 g/mol. The number of nitrogens with zero attached hydrogens (tertiary/aromatic N) is 1. The van der Waals surface area contributed by atoms with E-state index in [1.165, 1.54) is 0 Å². The molecule has 5 heteroatoms. The number of aryl methyl sites for hydroxylation is 1. The van der Waals surface area contributed by atoms with Crippen LogP contribution in [0, 0.1) is 6.92 Å². The van der Waals surface area contributed by atoms with E-state index in [9.17, 15) is 4.79 Å². The molecule has 27 heavy (non-hydrogen) atoms. The molecule has 0 spiro atoms. The number of furan rings is 1. The van der Waals surface area contributed by atoms with Crippen LogP contribution in [0.1, 0.15) is 21.8 Å². The Hall–Kier alpha value is -3.05. The lowest BCUT2D eigenvalue weighted by molar-refractivity contribution is 0.0996. The molecule has 4 nitrogen and oxygen atoms in total. The molecule has 0 unspecified atom stereocenters. The molecule has 0 radical (unpaired) electrons. The fourth-order valence-corrected chi connectivity index (χ4v) is 3.75. The fraction of sp³-hybridized carbons (Fsp3) is 0.0909. The van der Waals surface area contributed by atoms with Crippen molar-refractivity contribution in [1.82, 2.24) is 4.98 Å². The average Bonchev–Trinajstić information content (AvgIpc) is 3.16. The van der Waals surface area contributed by atoms with Crippen molar-refractivity contribution < 1.29 is 9.21 Å². The van der Waals surface area contributed by atoms with E-state index in [1.807, 2.05) is 61.5 Å². The van der Waals surface area contributed by atoms with Gasteiger partial charge in [0, 0.05) is 27.3 Å². The van der Waals surface area contributed by atoms with Gasteiger partial charge < -0.3 is 9.73 Å². The van der Waals surface area contributed by atoms with Crippen LogP contribution < -0.4 is 5.32 Å². The van der Waals surface area contributed by atoms with Gasteiger partial charge in [-0.2, -0.15) is 0 Å². The zero-order chi connectivity index (χ0) is 18.6. The van der Waals surface area contributed by atoms with Gasteiger partial charge in [-0.05, 0) is 37.3 Å². The van der Waals surface area contributed by atoms with Crippen LogP contribution in [0.5, 0.6) is 0 Å². The Morgan fingerprint density at radius 2 is 1.89 bits per heavy atom. The largest absolute Gasteiger partial charge is 0.459 e. The molecule has 2 aromatic heterocycles. The molecule has 0 fully saturated rings. The van der Waals surface area contributed by atoms with Gasteiger partial charge in [-0.3, -0.25) is 9.78 Å². The lowest BCUT2D eigenvalue weighted by Crippen LogP contribution is -2.13. The Morgan fingerprint density at radius 3 is 2.74 bits per heavy atom. The molecule has 0 aliphatic heterocycles. The number of nitrogens with one attached hydrogen (secondary N) is 1. The number of hydrogen-bond acceptors (Lipinski definition) is 4. The van der Waals surface area contributed by atoms with E-state index in [0.717, 1.165) is 27.1 Å². The molecule has 0 saturated heterocycles. The monoisotopic (exact) mass is 374 g/mol. The SMILES string of the molecule is Cc1ccc2cccc(NC(=O)c3occc3CSc3ccccc3)c2n1. The molecule has 0 saturated carbocycles. The molecular formula is C22H18N2O2S. The normalized spacial score (nSPS) is 10.9. The van der Waals surface area contributed by atoms with Crippen molar-refractivity contribution in [3.8, 4) is 0 Å². The summed E-state index contributed by atoms with van der Waals surface area (Å²) in [7, 11) is 0. The molecule has 1 amide bonds. The number of para-hydroxylation sites is 1. The van der Waals surface area contributed by atoms with Gasteiger partial charge in [-0.15, -0.1) is 11.8 Å². The van der Waals surface area contributed by atoms with E-state index in [4.69, 9.17) is 4.42 Å².